The number of allylic oxidation sites excluding steroid dienone is 1. The number of carbonyl (C=O) groups excluding carboxylic acids is 1. The Labute approximate surface area is 213 Å². The van der Waals surface area contributed by atoms with E-state index in [1.54, 1.807) is 0 Å². The number of carbonyl (C=O) groups is 1. The molecular weight excluding hydrogens is 428 g/mol. The fourth-order valence-electron chi connectivity index (χ4n) is 7.57. The van der Waals surface area contributed by atoms with Crippen LogP contribution in [0.15, 0.2) is 0 Å². The van der Waals surface area contributed by atoms with Gasteiger partial charge in [-0.2, -0.15) is 0 Å². The Morgan fingerprint density at radius 3 is 1.74 bits per heavy atom. The van der Waals surface area contributed by atoms with Gasteiger partial charge < -0.3 is 9.88 Å². The van der Waals surface area contributed by atoms with Crippen molar-refractivity contribution in [3.8, 4) is 0 Å². The Balaban J connectivity index is 2.13. The van der Waals surface area contributed by atoms with Gasteiger partial charge in [-0.25, -0.2) is 0 Å². The fourth-order valence-corrected chi connectivity index (χ4v) is 7.57. The lowest BCUT2D eigenvalue weighted by atomic mass is 9.41. The van der Waals surface area contributed by atoms with Gasteiger partial charge in [-0.3, -0.25) is 4.79 Å². The first-order valence-corrected chi connectivity index (χ1v) is 13.1. The first kappa shape index (κ1) is 25.8. The number of aromatic nitrogens is 1. The van der Waals surface area contributed by atoms with Crippen LogP contribution in [0.3, 0.4) is 0 Å². The highest BCUT2D eigenvalue weighted by Crippen LogP contribution is 2.66. The lowest BCUT2D eigenvalue weighted by Crippen LogP contribution is -2.60. The molecule has 0 saturated carbocycles. The fraction of sp³-hybridized carbons (Fsp3) is 0.594. The minimum absolute atomic E-state index is 0.0199. The van der Waals surface area contributed by atoms with Crippen molar-refractivity contribution in [1.29, 1.82) is 0 Å². The quantitative estimate of drug-likeness (QED) is 0.417. The van der Waals surface area contributed by atoms with Crippen molar-refractivity contribution < 1.29 is 4.79 Å². The average Bonchev–Trinajstić information content (AvgIpc) is 3.23. The van der Waals surface area contributed by atoms with Crippen molar-refractivity contribution in [3.63, 3.8) is 0 Å². The molecule has 0 bridgehead atoms. The van der Waals surface area contributed by atoms with Crippen LogP contribution in [0, 0.1) is 45.4 Å². The van der Waals surface area contributed by atoms with Crippen LogP contribution in [0.5, 0.6) is 0 Å². The molecule has 3 heteroatoms. The van der Waals surface area contributed by atoms with E-state index < -0.39 is 0 Å². The van der Waals surface area contributed by atoms with Gasteiger partial charge in [0, 0.05) is 29.4 Å². The van der Waals surface area contributed by atoms with Crippen LogP contribution in [0.1, 0.15) is 113 Å². The maximum absolute atomic E-state index is 13.5. The molecule has 190 valence electrons. The summed E-state index contributed by atoms with van der Waals surface area (Å²) >= 11 is 0. The SMILES string of the molecule is C/C(=C1/C(=O)Nc2c(C)c(C)c(C)c(C)c21)c1c(C)c2c(n1C)C(C)(C)C(C)(C)C(C)(C)C2(C)C. The van der Waals surface area contributed by atoms with Crippen molar-refractivity contribution in [2.24, 2.45) is 17.9 Å². The molecule has 1 amide bonds. The molecule has 0 atom stereocenters. The highest BCUT2D eigenvalue weighted by atomic mass is 16.2. The Bertz CT molecular complexity index is 1290. The summed E-state index contributed by atoms with van der Waals surface area (Å²) in [5, 5.41) is 3.23. The van der Waals surface area contributed by atoms with Crippen molar-refractivity contribution in [1.82, 2.24) is 4.57 Å². The third kappa shape index (κ3) is 2.76. The van der Waals surface area contributed by atoms with E-state index in [4.69, 9.17) is 0 Å². The summed E-state index contributed by atoms with van der Waals surface area (Å²) in [7, 11) is 2.21. The van der Waals surface area contributed by atoms with E-state index in [9.17, 15) is 4.79 Å². The molecule has 1 aromatic carbocycles. The zero-order chi connectivity index (χ0) is 26.8. The predicted molar refractivity (Wildman–Crippen MR) is 150 cm³/mol. The molecule has 2 aliphatic rings. The summed E-state index contributed by atoms with van der Waals surface area (Å²) in [6, 6.07) is 0. The second-order valence-electron chi connectivity index (χ2n) is 13.5. The van der Waals surface area contributed by atoms with E-state index in [1.807, 2.05) is 0 Å². The van der Waals surface area contributed by atoms with Crippen LogP contribution >= 0.6 is 0 Å². The molecule has 1 aliphatic heterocycles. The summed E-state index contributed by atoms with van der Waals surface area (Å²) < 4.78 is 2.42. The van der Waals surface area contributed by atoms with Gasteiger partial charge in [0.1, 0.15) is 0 Å². The molecule has 0 saturated heterocycles. The lowest BCUT2D eigenvalue weighted by molar-refractivity contribution is -0.110. The summed E-state index contributed by atoms with van der Waals surface area (Å²) in [6.45, 7) is 32.4. The standard InChI is InChI=1S/C32H46N2O/c1-16-17(2)19(4)25-22(18(16)3)23(28(35)33-25)20(5)26-21(6)24-27(34(26)15)30(9,10)32(13,14)31(11,12)29(24,7)8/h1-15H3,(H,33,35)/b23-20-. The van der Waals surface area contributed by atoms with Crippen molar-refractivity contribution in [2.75, 3.05) is 5.32 Å². The van der Waals surface area contributed by atoms with Crippen LogP contribution in [0.4, 0.5) is 5.69 Å². The van der Waals surface area contributed by atoms with Gasteiger partial charge in [-0.15, -0.1) is 0 Å². The molecule has 4 rings (SSSR count). The minimum Gasteiger partial charge on any atom is -0.347 e. The number of anilines is 1. The van der Waals surface area contributed by atoms with Crippen LogP contribution in [-0.2, 0) is 22.7 Å². The first-order valence-electron chi connectivity index (χ1n) is 13.1. The molecule has 2 aromatic rings. The van der Waals surface area contributed by atoms with Crippen molar-refractivity contribution in [3.05, 3.63) is 50.3 Å². The van der Waals surface area contributed by atoms with Gasteiger partial charge in [-0.05, 0) is 96.7 Å². The van der Waals surface area contributed by atoms with Gasteiger partial charge in [-0.1, -0.05) is 55.4 Å². The number of benzene rings is 1. The highest BCUT2D eigenvalue weighted by molar-refractivity contribution is 6.37. The normalized spacial score (nSPS) is 22.5. The Hall–Kier alpha value is -2.29. The van der Waals surface area contributed by atoms with Crippen LogP contribution in [0.25, 0.3) is 11.1 Å². The number of hydrogen-bond donors (Lipinski definition) is 1. The number of hydrogen-bond acceptors (Lipinski definition) is 1. The van der Waals surface area contributed by atoms with E-state index in [-0.39, 0.29) is 27.6 Å². The summed E-state index contributed by atoms with van der Waals surface area (Å²) in [4.78, 5) is 13.5. The zero-order valence-electron chi connectivity index (χ0n) is 24.9. The third-order valence-corrected chi connectivity index (χ3v) is 11.7. The summed E-state index contributed by atoms with van der Waals surface area (Å²) in [5.41, 5.74) is 14.3. The number of nitrogens with one attached hydrogen (secondary N) is 1. The maximum Gasteiger partial charge on any atom is 0.256 e. The molecule has 0 spiro atoms. The highest BCUT2D eigenvalue weighted by Gasteiger charge is 2.62. The maximum atomic E-state index is 13.5. The Kier molecular flexibility index (Phi) is 5.26. The second kappa shape index (κ2) is 7.14. The molecular formula is C32H46N2O. The van der Waals surface area contributed by atoms with Gasteiger partial charge in [0.2, 0.25) is 0 Å². The van der Waals surface area contributed by atoms with E-state index in [2.05, 4.69) is 114 Å². The second-order valence-corrected chi connectivity index (χ2v) is 13.5. The average molecular weight is 475 g/mol. The minimum atomic E-state index is -0.0416. The molecule has 1 N–H and O–H groups in total. The third-order valence-electron chi connectivity index (χ3n) is 11.7. The van der Waals surface area contributed by atoms with Gasteiger partial charge >= 0.3 is 0 Å². The van der Waals surface area contributed by atoms with Crippen LogP contribution in [0.2, 0.25) is 0 Å². The van der Waals surface area contributed by atoms with Gasteiger partial charge in [0.05, 0.1) is 11.3 Å². The molecule has 2 heterocycles. The Morgan fingerprint density at radius 2 is 1.20 bits per heavy atom. The smallest absolute Gasteiger partial charge is 0.256 e. The van der Waals surface area contributed by atoms with E-state index in [0.717, 1.165) is 22.4 Å². The predicted octanol–water partition coefficient (Wildman–Crippen LogP) is 8.07. The van der Waals surface area contributed by atoms with E-state index in [1.165, 1.54) is 44.8 Å². The molecule has 35 heavy (non-hydrogen) atoms. The largest absolute Gasteiger partial charge is 0.347 e. The van der Waals surface area contributed by atoms with Crippen molar-refractivity contribution >= 4 is 22.7 Å². The molecule has 1 aromatic heterocycles. The van der Waals surface area contributed by atoms with Gasteiger partial charge in [0.15, 0.2) is 0 Å². The molecule has 0 fully saturated rings. The number of amides is 1. The zero-order valence-corrected chi connectivity index (χ0v) is 24.9. The number of fused-ring (bicyclic) bond motifs is 2. The van der Waals surface area contributed by atoms with Crippen LogP contribution < -0.4 is 5.32 Å². The van der Waals surface area contributed by atoms with Crippen LogP contribution in [-0.4, -0.2) is 10.5 Å². The molecule has 0 radical (unpaired) electrons. The molecule has 1 aliphatic carbocycles. The number of nitrogens with zero attached hydrogens (tertiary/aromatic N) is 1. The van der Waals surface area contributed by atoms with E-state index in [0.29, 0.717) is 0 Å². The van der Waals surface area contributed by atoms with E-state index >= 15 is 0 Å². The first-order chi connectivity index (χ1) is 15.8. The summed E-state index contributed by atoms with van der Waals surface area (Å²) in [6.07, 6.45) is 0. The number of rotatable bonds is 1. The Morgan fingerprint density at radius 1 is 0.714 bits per heavy atom. The molecule has 0 unspecified atom stereocenters. The summed E-state index contributed by atoms with van der Waals surface area (Å²) in [5.74, 6) is 0.0199. The van der Waals surface area contributed by atoms with Gasteiger partial charge in [0.25, 0.3) is 5.91 Å². The lowest BCUT2D eigenvalue weighted by Gasteiger charge is -2.63. The van der Waals surface area contributed by atoms with Crippen molar-refractivity contribution in [2.45, 2.75) is 108 Å². The molecule has 3 nitrogen and oxygen atoms in total. The monoisotopic (exact) mass is 474 g/mol. The topological polar surface area (TPSA) is 34.0 Å².